The minimum absolute atomic E-state index is 0.0768. The first-order chi connectivity index (χ1) is 10.5. The van der Waals surface area contributed by atoms with Crippen LogP contribution < -0.4 is 10.1 Å². The second kappa shape index (κ2) is 7.70. The van der Waals surface area contributed by atoms with Crippen molar-refractivity contribution in [1.82, 2.24) is 5.32 Å². The van der Waals surface area contributed by atoms with Crippen LogP contribution in [0.3, 0.4) is 0 Å². The zero-order chi connectivity index (χ0) is 16.1. The van der Waals surface area contributed by atoms with Gasteiger partial charge in [-0.2, -0.15) is 0 Å². The van der Waals surface area contributed by atoms with Crippen molar-refractivity contribution in [3.8, 4) is 5.75 Å². The highest BCUT2D eigenvalue weighted by molar-refractivity contribution is 9.10. The molecule has 1 amide bonds. The molecule has 0 fully saturated rings. The summed E-state index contributed by atoms with van der Waals surface area (Å²) in [6, 6.07) is 13.3. The van der Waals surface area contributed by atoms with E-state index in [4.69, 9.17) is 4.74 Å². The molecule has 116 valence electrons. The van der Waals surface area contributed by atoms with Crippen molar-refractivity contribution in [3.05, 3.63) is 58.1 Å². The fraction of sp³-hybridized carbons (Fsp3) is 0.235. The molecule has 0 heterocycles. The van der Waals surface area contributed by atoms with Crippen LogP contribution in [0, 0.1) is 0 Å². The van der Waals surface area contributed by atoms with Crippen molar-refractivity contribution in [2.45, 2.75) is 17.9 Å². The number of halogens is 1. The van der Waals surface area contributed by atoms with E-state index < -0.39 is 0 Å². The van der Waals surface area contributed by atoms with Crippen molar-refractivity contribution >= 4 is 33.6 Å². The average Bonchev–Trinajstić information content (AvgIpc) is 2.54. The first-order valence-electron chi connectivity index (χ1n) is 6.83. The predicted octanol–water partition coefficient (Wildman–Crippen LogP) is 4.67. The molecular weight excluding hydrogens is 362 g/mol. The molecule has 3 nitrogen and oxygen atoms in total. The Labute approximate surface area is 143 Å². The minimum atomic E-state index is -0.0880. The van der Waals surface area contributed by atoms with E-state index in [2.05, 4.69) is 21.2 Å². The number of benzene rings is 2. The molecule has 0 unspecified atom stereocenters. The molecule has 0 radical (unpaired) electrons. The molecule has 0 aromatic heterocycles. The molecule has 1 N–H and O–H groups in total. The summed E-state index contributed by atoms with van der Waals surface area (Å²) in [5, 5.41) is 3.01. The third-order valence-electron chi connectivity index (χ3n) is 3.38. The van der Waals surface area contributed by atoms with E-state index >= 15 is 0 Å². The van der Waals surface area contributed by atoms with Crippen molar-refractivity contribution in [2.75, 3.05) is 13.4 Å². The Balaban J connectivity index is 2.08. The second-order valence-electron chi connectivity index (χ2n) is 4.82. The standard InChI is InChI=1S/C17H18BrNO2S/c1-11(13-6-9-16(21-2)15(18)10-13)19-17(20)12-4-7-14(22-3)8-5-12/h4-11H,1-3H3,(H,19,20)/t11-/m1/s1. The molecule has 0 saturated heterocycles. The zero-order valence-corrected chi connectivity index (χ0v) is 15.1. The van der Waals surface area contributed by atoms with Gasteiger partial charge in [0, 0.05) is 10.5 Å². The van der Waals surface area contributed by atoms with E-state index in [0.29, 0.717) is 5.56 Å². The van der Waals surface area contributed by atoms with E-state index in [9.17, 15) is 4.79 Å². The summed E-state index contributed by atoms with van der Waals surface area (Å²) in [6.45, 7) is 1.96. The van der Waals surface area contributed by atoms with Gasteiger partial charge in [0.25, 0.3) is 5.91 Å². The fourth-order valence-corrected chi connectivity index (χ4v) is 3.02. The number of carbonyl (C=O) groups is 1. The van der Waals surface area contributed by atoms with Crippen molar-refractivity contribution in [3.63, 3.8) is 0 Å². The van der Waals surface area contributed by atoms with Crippen molar-refractivity contribution < 1.29 is 9.53 Å². The van der Waals surface area contributed by atoms with E-state index in [0.717, 1.165) is 20.7 Å². The van der Waals surface area contributed by atoms with Gasteiger partial charge in [0.15, 0.2) is 0 Å². The summed E-state index contributed by atoms with van der Waals surface area (Å²) in [5.41, 5.74) is 1.68. The van der Waals surface area contributed by atoms with Crippen LogP contribution in [0.4, 0.5) is 0 Å². The molecular formula is C17H18BrNO2S. The Hall–Kier alpha value is -1.46. The van der Waals surface area contributed by atoms with Gasteiger partial charge in [-0.3, -0.25) is 4.79 Å². The molecule has 0 aliphatic heterocycles. The molecule has 22 heavy (non-hydrogen) atoms. The van der Waals surface area contributed by atoms with Gasteiger partial charge in [-0.15, -0.1) is 11.8 Å². The number of thioether (sulfide) groups is 1. The fourth-order valence-electron chi connectivity index (χ4n) is 2.06. The van der Waals surface area contributed by atoms with E-state index in [1.807, 2.05) is 55.6 Å². The highest BCUT2D eigenvalue weighted by Crippen LogP contribution is 2.28. The number of methoxy groups -OCH3 is 1. The van der Waals surface area contributed by atoms with Crippen LogP contribution in [0.15, 0.2) is 51.8 Å². The van der Waals surface area contributed by atoms with Crippen LogP contribution in [0.25, 0.3) is 0 Å². The van der Waals surface area contributed by atoms with Crippen LogP contribution in [0.1, 0.15) is 28.9 Å². The first-order valence-corrected chi connectivity index (χ1v) is 8.85. The summed E-state index contributed by atoms with van der Waals surface area (Å²) in [5.74, 6) is 0.696. The Morgan fingerprint density at radius 3 is 2.45 bits per heavy atom. The van der Waals surface area contributed by atoms with Crippen LogP contribution in [0.5, 0.6) is 5.75 Å². The lowest BCUT2D eigenvalue weighted by Gasteiger charge is -2.16. The smallest absolute Gasteiger partial charge is 0.251 e. The summed E-state index contributed by atoms with van der Waals surface area (Å²) < 4.78 is 6.09. The quantitative estimate of drug-likeness (QED) is 0.766. The average molecular weight is 380 g/mol. The van der Waals surface area contributed by atoms with Crippen LogP contribution in [0.2, 0.25) is 0 Å². The summed E-state index contributed by atoms with van der Waals surface area (Å²) in [7, 11) is 1.63. The number of hydrogen-bond acceptors (Lipinski definition) is 3. The molecule has 2 aromatic rings. The molecule has 0 aliphatic carbocycles. The Bertz CT molecular complexity index is 658. The van der Waals surface area contributed by atoms with Gasteiger partial charge in [0.1, 0.15) is 5.75 Å². The number of amides is 1. The molecule has 1 atom stereocenters. The van der Waals surface area contributed by atoms with Gasteiger partial charge in [-0.05, 0) is 71.1 Å². The minimum Gasteiger partial charge on any atom is -0.496 e. The zero-order valence-electron chi connectivity index (χ0n) is 12.7. The van der Waals surface area contributed by atoms with E-state index in [-0.39, 0.29) is 11.9 Å². The highest BCUT2D eigenvalue weighted by atomic mass is 79.9. The van der Waals surface area contributed by atoms with Crippen LogP contribution >= 0.6 is 27.7 Å². The van der Waals surface area contributed by atoms with Gasteiger partial charge in [-0.1, -0.05) is 6.07 Å². The number of carbonyl (C=O) groups excluding carboxylic acids is 1. The predicted molar refractivity (Wildman–Crippen MR) is 94.8 cm³/mol. The Kier molecular flexibility index (Phi) is 5.91. The lowest BCUT2D eigenvalue weighted by Crippen LogP contribution is -2.26. The van der Waals surface area contributed by atoms with Gasteiger partial charge in [0.05, 0.1) is 17.6 Å². The Morgan fingerprint density at radius 1 is 1.23 bits per heavy atom. The van der Waals surface area contributed by atoms with Crippen molar-refractivity contribution in [1.29, 1.82) is 0 Å². The Morgan fingerprint density at radius 2 is 1.91 bits per heavy atom. The summed E-state index contributed by atoms with van der Waals surface area (Å²) >= 11 is 5.12. The van der Waals surface area contributed by atoms with Crippen LogP contribution in [-0.2, 0) is 0 Å². The molecule has 2 rings (SSSR count). The molecule has 2 aromatic carbocycles. The normalized spacial score (nSPS) is 11.8. The second-order valence-corrected chi connectivity index (χ2v) is 6.55. The van der Waals surface area contributed by atoms with Crippen LogP contribution in [-0.4, -0.2) is 19.3 Å². The lowest BCUT2D eigenvalue weighted by atomic mass is 10.1. The molecule has 0 saturated carbocycles. The number of ether oxygens (including phenoxy) is 1. The first kappa shape index (κ1) is 16.9. The number of hydrogen-bond donors (Lipinski definition) is 1. The highest BCUT2D eigenvalue weighted by Gasteiger charge is 2.13. The largest absolute Gasteiger partial charge is 0.496 e. The van der Waals surface area contributed by atoms with E-state index in [1.165, 1.54) is 0 Å². The number of rotatable bonds is 5. The molecule has 0 spiro atoms. The van der Waals surface area contributed by atoms with Gasteiger partial charge >= 0.3 is 0 Å². The maximum Gasteiger partial charge on any atom is 0.251 e. The molecule has 0 bridgehead atoms. The molecule has 0 aliphatic rings. The SMILES string of the molecule is COc1ccc([C@@H](C)NC(=O)c2ccc(SC)cc2)cc1Br. The number of nitrogens with one attached hydrogen (secondary N) is 1. The van der Waals surface area contributed by atoms with Gasteiger partial charge in [0.2, 0.25) is 0 Å². The summed E-state index contributed by atoms with van der Waals surface area (Å²) in [6.07, 6.45) is 2.01. The maximum atomic E-state index is 12.3. The van der Waals surface area contributed by atoms with E-state index in [1.54, 1.807) is 18.9 Å². The topological polar surface area (TPSA) is 38.3 Å². The third kappa shape index (κ3) is 4.05. The van der Waals surface area contributed by atoms with Gasteiger partial charge < -0.3 is 10.1 Å². The molecule has 5 heteroatoms. The monoisotopic (exact) mass is 379 g/mol. The van der Waals surface area contributed by atoms with Crippen molar-refractivity contribution in [2.24, 2.45) is 0 Å². The third-order valence-corrected chi connectivity index (χ3v) is 4.74. The van der Waals surface area contributed by atoms with Gasteiger partial charge in [-0.25, -0.2) is 0 Å². The summed E-state index contributed by atoms with van der Waals surface area (Å²) in [4.78, 5) is 13.4. The maximum absolute atomic E-state index is 12.3. The lowest BCUT2D eigenvalue weighted by molar-refractivity contribution is 0.0940.